The van der Waals surface area contributed by atoms with E-state index >= 15 is 0 Å². The van der Waals surface area contributed by atoms with Gasteiger partial charge in [0.05, 0.1) is 5.56 Å². The minimum Gasteiger partial charge on any atom is -0.507 e. The van der Waals surface area contributed by atoms with Gasteiger partial charge < -0.3 is 5.11 Å². The first-order valence-corrected chi connectivity index (χ1v) is 5.92. The summed E-state index contributed by atoms with van der Waals surface area (Å²) in [6.45, 7) is 12.9. The van der Waals surface area contributed by atoms with Crippen molar-refractivity contribution in [3.63, 3.8) is 0 Å². The van der Waals surface area contributed by atoms with Crippen molar-refractivity contribution in [1.29, 1.82) is 0 Å². The maximum absolute atomic E-state index is 9.90. The number of hydrogen-bond donors (Lipinski definition) is 1. The van der Waals surface area contributed by atoms with Crippen molar-refractivity contribution in [3.8, 4) is 18.1 Å². The molecule has 1 N–H and O–H groups in total. The summed E-state index contributed by atoms with van der Waals surface area (Å²) in [5.41, 5.74) is 2.85. The zero-order chi connectivity index (χ0) is 13.4. The molecule has 0 saturated heterocycles. The first-order valence-electron chi connectivity index (χ1n) is 5.92. The summed E-state index contributed by atoms with van der Waals surface area (Å²) in [7, 11) is 0. The summed E-state index contributed by atoms with van der Waals surface area (Å²) in [5.74, 6) is 2.83. The zero-order valence-electron chi connectivity index (χ0n) is 11.7. The van der Waals surface area contributed by atoms with E-state index in [1.807, 2.05) is 6.07 Å². The second-order valence-electron chi connectivity index (χ2n) is 6.53. The van der Waals surface area contributed by atoms with Gasteiger partial charge in [0.1, 0.15) is 5.75 Å². The Morgan fingerprint density at radius 1 is 1.00 bits per heavy atom. The lowest BCUT2D eigenvalue weighted by atomic mass is 9.73. The van der Waals surface area contributed by atoms with Crippen LogP contribution in [0.3, 0.4) is 0 Å². The molecule has 0 aromatic heterocycles. The summed E-state index contributed by atoms with van der Waals surface area (Å²) in [5, 5.41) is 9.90. The van der Waals surface area contributed by atoms with Crippen LogP contribution in [0.1, 0.15) is 58.2 Å². The van der Waals surface area contributed by atoms with Crippen molar-refractivity contribution in [3.05, 3.63) is 28.8 Å². The Morgan fingerprint density at radius 3 is 1.88 bits per heavy atom. The number of rotatable bonds is 0. The third-order valence-corrected chi connectivity index (χ3v) is 2.89. The van der Waals surface area contributed by atoms with Gasteiger partial charge in [-0.3, -0.25) is 0 Å². The molecule has 1 heteroatoms. The Kier molecular flexibility index (Phi) is 3.30. The SMILES string of the molecule is C#Cc1c(O)ccc(C(C)(C)C)c1C(C)(C)C. The van der Waals surface area contributed by atoms with Gasteiger partial charge in [-0.25, -0.2) is 0 Å². The first kappa shape index (κ1) is 13.6. The molecule has 17 heavy (non-hydrogen) atoms. The van der Waals surface area contributed by atoms with Crippen molar-refractivity contribution in [2.24, 2.45) is 0 Å². The number of terminal acetylenes is 1. The van der Waals surface area contributed by atoms with Crippen molar-refractivity contribution < 1.29 is 5.11 Å². The van der Waals surface area contributed by atoms with Gasteiger partial charge in [0.25, 0.3) is 0 Å². The fourth-order valence-corrected chi connectivity index (χ4v) is 2.14. The van der Waals surface area contributed by atoms with Gasteiger partial charge in [0.15, 0.2) is 0 Å². The minimum absolute atomic E-state index is 0.0158. The van der Waals surface area contributed by atoms with Crippen LogP contribution < -0.4 is 0 Å². The van der Waals surface area contributed by atoms with Crippen LogP contribution in [0.4, 0.5) is 0 Å². The fourth-order valence-electron chi connectivity index (χ4n) is 2.14. The Hall–Kier alpha value is -1.42. The summed E-state index contributed by atoms with van der Waals surface area (Å²) in [6, 6.07) is 3.68. The maximum atomic E-state index is 9.90. The molecule has 92 valence electrons. The number of phenolic OH excluding ortho intramolecular Hbond substituents is 1. The van der Waals surface area contributed by atoms with Crippen molar-refractivity contribution in [1.82, 2.24) is 0 Å². The Bertz CT molecular complexity index is 462. The van der Waals surface area contributed by atoms with E-state index in [0.29, 0.717) is 5.56 Å². The molecule has 0 heterocycles. The molecule has 0 saturated carbocycles. The van der Waals surface area contributed by atoms with E-state index in [-0.39, 0.29) is 16.6 Å². The summed E-state index contributed by atoms with van der Waals surface area (Å²) in [6.07, 6.45) is 5.55. The molecule has 0 radical (unpaired) electrons. The molecule has 1 aromatic carbocycles. The smallest absolute Gasteiger partial charge is 0.131 e. The van der Waals surface area contributed by atoms with Crippen LogP contribution in [-0.2, 0) is 10.8 Å². The molecule has 0 unspecified atom stereocenters. The average Bonchev–Trinajstić information content (AvgIpc) is 2.13. The lowest BCUT2D eigenvalue weighted by Gasteiger charge is -2.31. The third kappa shape index (κ3) is 2.64. The molecule has 1 aromatic rings. The monoisotopic (exact) mass is 230 g/mol. The number of hydrogen-bond acceptors (Lipinski definition) is 1. The number of aromatic hydroxyl groups is 1. The molecule has 0 atom stereocenters. The predicted octanol–water partition coefficient (Wildman–Crippen LogP) is 3.97. The van der Waals surface area contributed by atoms with Gasteiger partial charge in [0.2, 0.25) is 0 Å². The molecule has 1 nitrogen and oxygen atoms in total. The third-order valence-electron chi connectivity index (χ3n) is 2.89. The molecule has 0 amide bonds. The highest BCUT2D eigenvalue weighted by atomic mass is 16.3. The van der Waals surface area contributed by atoms with Crippen LogP contribution in [0, 0.1) is 12.3 Å². The highest BCUT2D eigenvalue weighted by Gasteiger charge is 2.28. The predicted molar refractivity (Wildman–Crippen MR) is 73.4 cm³/mol. The Balaban J connectivity index is 3.72. The largest absolute Gasteiger partial charge is 0.507 e. The van der Waals surface area contributed by atoms with Gasteiger partial charge in [-0.2, -0.15) is 0 Å². The van der Waals surface area contributed by atoms with Crippen molar-refractivity contribution >= 4 is 0 Å². The second kappa shape index (κ2) is 4.11. The molecular formula is C16H22O. The highest BCUT2D eigenvalue weighted by molar-refractivity contribution is 5.57. The first-order chi connectivity index (χ1) is 7.59. The molecular weight excluding hydrogens is 208 g/mol. The van der Waals surface area contributed by atoms with Gasteiger partial charge in [-0.15, -0.1) is 6.42 Å². The van der Waals surface area contributed by atoms with Crippen LogP contribution >= 0.6 is 0 Å². The van der Waals surface area contributed by atoms with Crippen LogP contribution in [0.2, 0.25) is 0 Å². The van der Waals surface area contributed by atoms with E-state index in [1.54, 1.807) is 6.07 Å². The van der Waals surface area contributed by atoms with Gasteiger partial charge >= 0.3 is 0 Å². The number of phenols is 1. The van der Waals surface area contributed by atoms with E-state index < -0.39 is 0 Å². The molecule has 0 aliphatic rings. The van der Waals surface area contributed by atoms with E-state index in [9.17, 15) is 5.11 Å². The van der Waals surface area contributed by atoms with Gasteiger partial charge in [0, 0.05) is 0 Å². The summed E-state index contributed by atoms with van der Waals surface area (Å²) in [4.78, 5) is 0. The van der Waals surface area contributed by atoms with E-state index in [2.05, 4.69) is 47.5 Å². The molecule has 0 spiro atoms. The standard InChI is InChI=1S/C16H22O/c1-8-11-13(17)10-9-12(15(2,3)4)14(11)16(5,6)7/h1,9-10,17H,2-7H3. The van der Waals surface area contributed by atoms with Gasteiger partial charge in [-0.05, 0) is 28.0 Å². The zero-order valence-corrected chi connectivity index (χ0v) is 11.7. The van der Waals surface area contributed by atoms with Crippen LogP contribution in [-0.4, -0.2) is 5.11 Å². The van der Waals surface area contributed by atoms with Crippen LogP contribution in [0.15, 0.2) is 12.1 Å². The highest BCUT2D eigenvalue weighted by Crippen LogP contribution is 2.39. The molecule has 0 fully saturated rings. The molecule has 0 aliphatic heterocycles. The molecule has 0 aliphatic carbocycles. The fraction of sp³-hybridized carbons (Fsp3) is 0.500. The average molecular weight is 230 g/mol. The van der Waals surface area contributed by atoms with Gasteiger partial charge in [-0.1, -0.05) is 53.5 Å². The van der Waals surface area contributed by atoms with E-state index in [4.69, 9.17) is 6.42 Å². The van der Waals surface area contributed by atoms with Crippen molar-refractivity contribution in [2.75, 3.05) is 0 Å². The Labute approximate surface area is 105 Å². The minimum atomic E-state index is -0.0803. The van der Waals surface area contributed by atoms with Crippen LogP contribution in [0.5, 0.6) is 5.75 Å². The van der Waals surface area contributed by atoms with Crippen LogP contribution in [0.25, 0.3) is 0 Å². The quantitative estimate of drug-likeness (QED) is 0.669. The number of benzene rings is 1. The molecule has 1 rings (SSSR count). The van der Waals surface area contributed by atoms with E-state index in [1.165, 1.54) is 5.56 Å². The summed E-state index contributed by atoms with van der Waals surface area (Å²) >= 11 is 0. The topological polar surface area (TPSA) is 20.2 Å². The second-order valence-corrected chi connectivity index (χ2v) is 6.53. The van der Waals surface area contributed by atoms with E-state index in [0.717, 1.165) is 5.56 Å². The lowest BCUT2D eigenvalue weighted by molar-refractivity contribution is 0.464. The van der Waals surface area contributed by atoms with Crippen molar-refractivity contribution in [2.45, 2.75) is 52.4 Å². The Morgan fingerprint density at radius 2 is 1.53 bits per heavy atom. The lowest BCUT2D eigenvalue weighted by Crippen LogP contribution is -2.23. The normalized spacial score (nSPS) is 12.3. The maximum Gasteiger partial charge on any atom is 0.131 e. The molecule has 0 bridgehead atoms. The summed E-state index contributed by atoms with van der Waals surface area (Å²) < 4.78 is 0.